The smallest absolute Gasteiger partial charge is 0.220 e. The molecule has 28 heavy (non-hydrogen) atoms. The Morgan fingerprint density at radius 3 is 1.79 bits per heavy atom. The number of unbranched alkanes of at least 4 members (excludes halogenated alkanes) is 11. The fourth-order valence-corrected chi connectivity index (χ4v) is 4.04. The summed E-state index contributed by atoms with van der Waals surface area (Å²) in [6, 6.07) is 0. The van der Waals surface area contributed by atoms with Crippen molar-refractivity contribution in [3.8, 4) is 0 Å². The summed E-state index contributed by atoms with van der Waals surface area (Å²) in [5.74, 6) is 0.695. The van der Waals surface area contributed by atoms with Gasteiger partial charge in [-0.3, -0.25) is 4.79 Å². The van der Waals surface area contributed by atoms with Crippen LogP contribution in [0.25, 0.3) is 0 Å². The zero-order valence-corrected chi connectivity index (χ0v) is 19.5. The summed E-state index contributed by atoms with van der Waals surface area (Å²) in [5, 5.41) is 0. The molecule has 0 aromatic rings. The van der Waals surface area contributed by atoms with E-state index in [-0.39, 0.29) is 11.8 Å². The molecule has 0 saturated carbocycles. The number of allylic oxidation sites excluding steroid dienone is 2. The molecule has 0 fully saturated rings. The molecule has 0 bridgehead atoms. The molecular weight excluding hydrogens is 342 g/mol. The largest absolute Gasteiger partial charge is 0.369 e. The zero-order chi connectivity index (χ0) is 20.9. The third kappa shape index (κ3) is 17.3. The van der Waals surface area contributed by atoms with E-state index >= 15 is 0 Å². The highest BCUT2D eigenvalue weighted by Crippen LogP contribution is 2.25. The predicted octanol–water partition coefficient (Wildman–Crippen LogP) is 8.34. The second-order valence-electron chi connectivity index (χ2n) is 8.77. The van der Waals surface area contributed by atoms with Gasteiger partial charge < -0.3 is 5.73 Å². The van der Waals surface area contributed by atoms with Crippen LogP contribution in [0, 0.1) is 11.8 Å². The summed E-state index contributed by atoms with van der Waals surface area (Å²) in [6.45, 7) is 6.76. The van der Waals surface area contributed by atoms with E-state index in [2.05, 4.69) is 32.9 Å². The Bertz CT molecular complexity index is 363. The lowest BCUT2D eigenvalue weighted by atomic mass is 9.85. The average Bonchev–Trinajstić information content (AvgIpc) is 2.69. The average molecular weight is 394 g/mol. The predicted molar refractivity (Wildman–Crippen MR) is 125 cm³/mol. The second-order valence-corrected chi connectivity index (χ2v) is 8.77. The Balaban J connectivity index is 3.67. The number of carbonyl (C=O) groups excluding carboxylic acids is 1. The lowest BCUT2D eigenvalue weighted by molar-refractivity contribution is -0.122. The Morgan fingerprint density at radius 2 is 1.25 bits per heavy atom. The van der Waals surface area contributed by atoms with Crippen molar-refractivity contribution in [3.05, 3.63) is 12.2 Å². The summed E-state index contributed by atoms with van der Waals surface area (Å²) in [6.07, 6.45) is 27.4. The highest BCUT2D eigenvalue weighted by atomic mass is 16.1. The van der Waals surface area contributed by atoms with E-state index < -0.39 is 0 Å². The Hall–Kier alpha value is -0.790. The molecule has 2 unspecified atom stereocenters. The maximum absolute atomic E-state index is 11.8. The topological polar surface area (TPSA) is 43.1 Å². The summed E-state index contributed by atoms with van der Waals surface area (Å²) < 4.78 is 0. The van der Waals surface area contributed by atoms with E-state index in [9.17, 15) is 4.79 Å². The zero-order valence-electron chi connectivity index (χ0n) is 19.5. The molecule has 0 spiro atoms. The van der Waals surface area contributed by atoms with Crippen molar-refractivity contribution in [3.63, 3.8) is 0 Å². The van der Waals surface area contributed by atoms with Gasteiger partial charge in [0.05, 0.1) is 0 Å². The van der Waals surface area contributed by atoms with E-state index in [0.29, 0.717) is 5.92 Å². The Morgan fingerprint density at radius 1 is 0.714 bits per heavy atom. The molecule has 166 valence electrons. The van der Waals surface area contributed by atoms with Crippen LogP contribution in [0.5, 0.6) is 0 Å². The van der Waals surface area contributed by atoms with Crippen LogP contribution in [0.1, 0.15) is 136 Å². The van der Waals surface area contributed by atoms with Gasteiger partial charge in [-0.25, -0.2) is 0 Å². The lowest BCUT2D eigenvalue weighted by Gasteiger charge is -2.20. The van der Waals surface area contributed by atoms with Gasteiger partial charge in [0.15, 0.2) is 0 Å². The van der Waals surface area contributed by atoms with Crippen LogP contribution in [0.15, 0.2) is 12.2 Å². The third-order valence-electron chi connectivity index (χ3n) is 6.13. The molecule has 0 aliphatic rings. The first-order valence-corrected chi connectivity index (χ1v) is 12.6. The van der Waals surface area contributed by atoms with Gasteiger partial charge in [-0.15, -0.1) is 0 Å². The SMILES string of the molecule is CCCCCCCC/C=C\CCCCCCC(CC(CC)CCCC)C(N)=O. The van der Waals surface area contributed by atoms with Crippen LogP contribution in [0.4, 0.5) is 0 Å². The molecule has 2 atom stereocenters. The number of carbonyl (C=O) groups is 1. The van der Waals surface area contributed by atoms with Crippen LogP contribution >= 0.6 is 0 Å². The monoisotopic (exact) mass is 393 g/mol. The van der Waals surface area contributed by atoms with Crippen LogP contribution in [-0.4, -0.2) is 5.91 Å². The minimum Gasteiger partial charge on any atom is -0.369 e. The third-order valence-corrected chi connectivity index (χ3v) is 6.13. The molecule has 0 heterocycles. The molecule has 0 aliphatic heterocycles. The van der Waals surface area contributed by atoms with E-state index in [1.54, 1.807) is 0 Å². The van der Waals surface area contributed by atoms with Gasteiger partial charge in [0.2, 0.25) is 5.91 Å². The first-order valence-electron chi connectivity index (χ1n) is 12.6. The van der Waals surface area contributed by atoms with Crippen LogP contribution in [0.3, 0.4) is 0 Å². The molecule has 2 nitrogen and oxygen atoms in total. The minimum atomic E-state index is -0.0763. The second kappa shape index (κ2) is 20.9. The normalized spacial score (nSPS) is 13.8. The van der Waals surface area contributed by atoms with E-state index in [1.807, 2.05) is 0 Å². The van der Waals surface area contributed by atoms with Gasteiger partial charge in [-0.05, 0) is 44.4 Å². The van der Waals surface area contributed by atoms with Crippen molar-refractivity contribution in [2.24, 2.45) is 17.6 Å². The summed E-state index contributed by atoms with van der Waals surface area (Å²) in [5.41, 5.74) is 5.67. The van der Waals surface area contributed by atoms with Crippen molar-refractivity contribution < 1.29 is 4.79 Å². The molecule has 0 aromatic heterocycles. The van der Waals surface area contributed by atoms with Gasteiger partial charge in [0.1, 0.15) is 0 Å². The van der Waals surface area contributed by atoms with Crippen LogP contribution in [-0.2, 0) is 4.79 Å². The molecule has 0 aliphatic carbocycles. The highest BCUT2D eigenvalue weighted by molar-refractivity contribution is 5.76. The van der Waals surface area contributed by atoms with Crippen molar-refractivity contribution in [1.82, 2.24) is 0 Å². The first kappa shape index (κ1) is 27.2. The Kier molecular flexibility index (Phi) is 20.3. The Labute approximate surface area is 177 Å². The molecule has 0 radical (unpaired) electrons. The van der Waals surface area contributed by atoms with Crippen molar-refractivity contribution in [2.45, 2.75) is 136 Å². The molecule has 0 rings (SSSR count). The summed E-state index contributed by atoms with van der Waals surface area (Å²) >= 11 is 0. The number of amides is 1. The maximum Gasteiger partial charge on any atom is 0.220 e. The van der Waals surface area contributed by atoms with Gasteiger partial charge in [0, 0.05) is 5.92 Å². The summed E-state index contributed by atoms with van der Waals surface area (Å²) in [4.78, 5) is 11.8. The van der Waals surface area contributed by atoms with Gasteiger partial charge in [-0.2, -0.15) is 0 Å². The van der Waals surface area contributed by atoms with Crippen LogP contribution in [0.2, 0.25) is 0 Å². The molecule has 0 saturated heterocycles. The standard InChI is InChI=1S/C26H51NO/c1-4-7-9-10-11-12-13-14-15-16-17-18-19-20-22-25(26(27)28)23-24(6-3)21-8-5-2/h14-15,24-25H,4-13,16-23H2,1-3H3,(H2,27,28)/b15-14-. The van der Waals surface area contributed by atoms with Gasteiger partial charge in [0.25, 0.3) is 0 Å². The molecule has 2 heteroatoms. The van der Waals surface area contributed by atoms with Gasteiger partial charge in [-0.1, -0.05) is 110 Å². The highest BCUT2D eigenvalue weighted by Gasteiger charge is 2.19. The minimum absolute atomic E-state index is 0.0763. The van der Waals surface area contributed by atoms with E-state index in [1.165, 1.54) is 96.3 Å². The quantitative estimate of drug-likeness (QED) is 0.154. The van der Waals surface area contributed by atoms with Crippen molar-refractivity contribution >= 4 is 5.91 Å². The first-order chi connectivity index (χ1) is 13.7. The lowest BCUT2D eigenvalue weighted by Crippen LogP contribution is -2.25. The fourth-order valence-electron chi connectivity index (χ4n) is 4.04. The number of hydrogen-bond acceptors (Lipinski definition) is 1. The van der Waals surface area contributed by atoms with E-state index in [4.69, 9.17) is 5.73 Å². The molecule has 2 N–H and O–H groups in total. The number of rotatable bonds is 21. The number of nitrogens with two attached hydrogens (primary N) is 1. The number of primary amides is 1. The molecular formula is C26H51NO. The molecule has 0 aromatic carbocycles. The fraction of sp³-hybridized carbons (Fsp3) is 0.885. The van der Waals surface area contributed by atoms with Gasteiger partial charge >= 0.3 is 0 Å². The maximum atomic E-state index is 11.8. The number of hydrogen-bond donors (Lipinski definition) is 1. The van der Waals surface area contributed by atoms with Crippen molar-refractivity contribution in [2.75, 3.05) is 0 Å². The summed E-state index contributed by atoms with van der Waals surface area (Å²) in [7, 11) is 0. The molecule has 1 amide bonds. The van der Waals surface area contributed by atoms with Crippen LogP contribution < -0.4 is 5.73 Å². The van der Waals surface area contributed by atoms with Crippen molar-refractivity contribution in [1.29, 1.82) is 0 Å². The van der Waals surface area contributed by atoms with E-state index in [0.717, 1.165) is 19.3 Å².